The number of hydrogen-bond donors (Lipinski definition) is 0. The molecule has 2 rings (SSSR count). The predicted molar refractivity (Wildman–Crippen MR) is 82.8 cm³/mol. The van der Waals surface area contributed by atoms with Crippen molar-refractivity contribution in [3.05, 3.63) is 65.7 Å². The number of ether oxygens (including phenoxy) is 1. The molecule has 0 saturated carbocycles. The first-order chi connectivity index (χ1) is 11.0. The molecule has 1 amide bonds. The summed E-state index contributed by atoms with van der Waals surface area (Å²) in [6.07, 6.45) is 0. The van der Waals surface area contributed by atoms with Crippen LogP contribution in [0, 0.1) is 0 Å². The van der Waals surface area contributed by atoms with Gasteiger partial charge in [-0.25, -0.2) is 9.59 Å². The second-order valence-electron chi connectivity index (χ2n) is 4.59. The maximum atomic E-state index is 12.5. The number of benzene rings is 2. The van der Waals surface area contributed by atoms with Gasteiger partial charge in [-0.3, -0.25) is 4.79 Å². The number of esters is 1. The monoisotopic (exact) mass is 313 g/mol. The zero-order valence-electron chi connectivity index (χ0n) is 12.7. The summed E-state index contributed by atoms with van der Waals surface area (Å²) in [4.78, 5) is 40.3. The van der Waals surface area contributed by atoms with Crippen LogP contribution in [-0.4, -0.2) is 25.0 Å². The van der Waals surface area contributed by atoms with Gasteiger partial charge in [0.05, 0.1) is 18.4 Å². The van der Waals surface area contributed by atoms with Crippen molar-refractivity contribution in [2.75, 3.05) is 12.2 Å². The van der Waals surface area contributed by atoms with E-state index in [2.05, 4.69) is 4.74 Å². The molecule has 0 aromatic heterocycles. The molecule has 6 heteroatoms. The highest BCUT2D eigenvalue weighted by atomic mass is 16.7. The van der Waals surface area contributed by atoms with Crippen molar-refractivity contribution in [1.29, 1.82) is 0 Å². The standard InChI is InChI=1S/C17H15NO5/c1-12(19)23-18(16(20)13-6-4-3-5-7-13)15-10-8-14(9-11-15)17(21)22-2/h3-11H,1-2H3. The lowest BCUT2D eigenvalue weighted by Gasteiger charge is -2.20. The molecule has 0 spiro atoms. The number of carbonyl (C=O) groups is 3. The lowest BCUT2D eigenvalue weighted by molar-refractivity contribution is -0.141. The van der Waals surface area contributed by atoms with Gasteiger partial charge in [0, 0.05) is 12.5 Å². The van der Waals surface area contributed by atoms with E-state index in [1.54, 1.807) is 30.3 Å². The summed E-state index contributed by atoms with van der Waals surface area (Å²) in [5, 5.41) is 0.888. The van der Waals surface area contributed by atoms with E-state index >= 15 is 0 Å². The molecule has 0 unspecified atom stereocenters. The van der Waals surface area contributed by atoms with Crippen molar-refractivity contribution in [3.8, 4) is 0 Å². The summed E-state index contributed by atoms with van der Waals surface area (Å²) in [7, 11) is 1.28. The fourth-order valence-corrected chi connectivity index (χ4v) is 1.89. The highest BCUT2D eigenvalue weighted by Crippen LogP contribution is 2.19. The summed E-state index contributed by atoms with van der Waals surface area (Å²) in [5.74, 6) is -1.62. The molecule has 0 aliphatic heterocycles. The topological polar surface area (TPSA) is 72.9 Å². The van der Waals surface area contributed by atoms with Gasteiger partial charge in [-0.15, -0.1) is 5.06 Å². The Labute approximate surface area is 133 Å². The molecule has 0 heterocycles. The second-order valence-corrected chi connectivity index (χ2v) is 4.59. The molecule has 0 atom stereocenters. The average molecular weight is 313 g/mol. The van der Waals surface area contributed by atoms with Gasteiger partial charge in [0.15, 0.2) is 0 Å². The third-order valence-corrected chi connectivity index (χ3v) is 2.95. The number of carbonyl (C=O) groups excluding carboxylic acids is 3. The van der Waals surface area contributed by atoms with Crippen LogP contribution in [0.25, 0.3) is 0 Å². The first-order valence-electron chi connectivity index (χ1n) is 6.79. The van der Waals surface area contributed by atoms with Gasteiger partial charge in [0.1, 0.15) is 0 Å². The molecular formula is C17H15NO5. The fraction of sp³-hybridized carbons (Fsp3) is 0.118. The summed E-state index contributed by atoms with van der Waals surface area (Å²) < 4.78 is 4.61. The smallest absolute Gasteiger partial charge is 0.337 e. The van der Waals surface area contributed by atoms with Crippen molar-refractivity contribution in [2.24, 2.45) is 0 Å². The van der Waals surface area contributed by atoms with Crippen LogP contribution in [0.4, 0.5) is 5.69 Å². The van der Waals surface area contributed by atoms with Crippen LogP contribution >= 0.6 is 0 Å². The summed E-state index contributed by atoms with van der Waals surface area (Å²) in [6, 6.07) is 14.4. The fourth-order valence-electron chi connectivity index (χ4n) is 1.89. The van der Waals surface area contributed by atoms with E-state index in [0.717, 1.165) is 5.06 Å². The molecule has 0 fully saturated rings. The largest absolute Gasteiger partial charge is 0.465 e. The lowest BCUT2D eigenvalue weighted by Crippen LogP contribution is -2.32. The van der Waals surface area contributed by atoms with Gasteiger partial charge in [0.2, 0.25) is 0 Å². The minimum Gasteiger partial charge on any atom is -0.465 e. The van der Waals surface area contributed by atoms with Crippen molar-refractivity contribution < 1.29 is 24.0 Å². The van der Waals surface area contributed by atoms with Crippen LogP contribution in [-0.2, 0) is 14.4 Å². The maximum Gasteiger partial charge on any atom is 0.337 e. The zero-order valence-corrected chi connectivity index (χ0v) is 12.7. The van der Waals surface area contributed by atoms with Gasteiger partial charge < -0.3 is 9.57 Å². The van der Waals surface area contributed by atoms with E-state index in [1.165, 1.54) is 38.3 Å². The third-order valence-electron chi connectivity index (χ3n) is 2.95. The molecule has 0 aliphatic rings. The first kappa shape index (κ1) is 16.2. The molecule has 0 N–H and O–H groups in total. The van der Waals surface area contributed by atoms with E-state index in [1.807, 2.05) is 0 Å². The van der Waals surface area contributed by atoms with Gasteiger partial charge in [0.25, 0.3) is 5.91 Å². The van der Waals surface area contributed by atoms with Crippen LogP contribution in [0.2, 0.25) is 0 Å². The van der Waals surface area contributed by atoms with E-state index in [9.17, 15) is 14.4 Å². The van der Waals surface area contributed by atoms with E-state index in [-0.39, 0.29) is 0 Å². The maximum absolute atomic E-state index is 12.5. The Bertz CT molecular complexity index is 710. The molecule has 0 radical (unpaired) electrons. The second kappa shape index (κ2) is 7.22. The van der Waals surface area contributed by atoms with Crippen LogP contribution < -0.4 is 5.06 Å². The Balaban J connectivity index is 2.33. The minimum atomic E-state index is -0.633. The summed E-state index contributed by atoms with van der Waals surface area (Å²) >= 11 is 0. The zero-order chi connectivity index (χ0) is 16.8. The van der Waals surface area contributed by atoms with E-state index < -0.39 is 17.8 Å². The molecular weight excluding hydrogens is 298 g/mol. The Morgan fingerprint density at radius 2 is 1.48 bits per heavy atom. The van der Waals surface area contributed by atoms with Crippen molar-refractivity contribution in [2.45, 2.75) is 6.92 Å². The molecule has 118 valence electrons. The predicted octanol–water partition coefficient (Wildman–Crippen LogP) is 2.60. The van der Waals surface area contributed by atoms with Gasteiger partial charge in [-0.2, -0.15) is 0 Å². The highest BCUT2D eigenvalue weighted by molar-refractivity contribution is 6.05. The minimum absolute atomic E-state index is 0.321. The van der Waals surface area contributed by atoms with E-state index in [0.29, 0.717) is 16.8 Å². The molecule has 0 saturated heterocycles. The molecule has 6 nitrogen and oxygen atoms in total. The average Bonchev–Trinajstić information content (AvgIpc) is 2.59. The SMILES string of the molecule is COC(=O)c1ccc(N(OC(C)=O)C(=O)c2ccccc2)cc1. The van der Waals surface area contributed by atoms with Crippen molar-refractivity contribution in [1.82, 2.24) is 0 Å². The highest BCUT2D eigenvalue weighted by Gasteiger charge is 2.21. The summed E-state index contributed by atoms with van der Waals surface area (Å²) in [5.41, 5.74) is 1.01. The first-order valence-corrected chi connectivity index (χ1v) is 6.79. The quantitative estimate of drug-likeness (QED) is 0.643. The van der Waals surface area contributed by atoms with Gasteiger partial charge in [-0.05, 0) is 36.4 Å². The number of hydroxylamine groups is 1. The lowest BCUT2D eigenvalue weighted by atomic mass is 10.2. The molecule has 0 aliphatic carbocycles. The van der Waals surface area contributed by atoms with Crippen LogP contribution in [0.1, 0.15) is 27.6 Å². The van der Waals surface area contributed by atoms with E-state index in [4.69, 9.17) is 4.84 Å². The number of anilines is 1. The Morgan fingerprint density at radius 3 is 2.00 bits per heavy atom. The van der Waals surface area contributed by atoms with Crippen LogP contribution in [0.5, 0.6) is 0 Å². The number of hydrogen-bond acceptors (Lipinski definition) is 5. The molecule has 23 heavy (non-hydrogen) atoms. The number of nitrogens with zero attached hydrogens (tertiary/aromatic N) is 1. The van der Waals surface area contributed by atoms with Crippen molar-refractivity contribution in [3.63, 3.8) is 0 Å². The number of methoxy groups -OCH3 is 1. The normalized spacial score (nSPS) is 9.83. The Kier molecular flexibility index (Phi) is 5.09. The molecule has 2 aromatic carbocycles. The number of amides is 1. The van der Waals surface area contributed by atoms with Crippen molar-refractivity contribution >= 4 is 23.5 Å². The van der Waals surface area contributed by atoms with Gasteiger partial charge in [-0.1, -0.05) is 18.2 Å². The van der Waals surface area contributed by atoms with Crippen LogP contribution in [0.3, 0.4) is 0 Å². The number of rotatable bonds is 3. The van der Waals surface area contributed by atoms with Crippen LogP contribution in [0.15, 0.2) is 54.6 Å². The third kappa shape index (κ3) is 3.94. The molecule has 2 aromatic rings. The van der Waals surface area contributed by atoms with Gasteiger partial charge >= 0.3 is 11.9 Å². The molecule has 0 bridgehead atoms. The Hall–Kier alpha value is -3.15. The summed E-state index contributed by atoms with van der Waals surface area (Å²) in [6.45, 7) is 1.20. The Morgan fingerprint density at radius 1 is 0.870 bits per heavy atom.